The van der Waals surface area contributed by atoms with E-state index in [-0.39, 0.29) is 12.1 Å². The van der Waals surface area contributed by atoms with Gasteiger partial charge >= 0.3 is 6.09 Å². The van der Waals surface area contributed by atoms with Gasteiger partial charge in [-0.25, -0.2) is 9.78 Å². The van der Waals surface area contributed by atoms with E-state index < -0.39 is 5.60 Å². The smallest absolute Gasteiger partial charge is 0.410 e. The topological polar surface area (TPSA) is 61.5 Å². The molecule has 1 saturated heterocycles. The number of nitrogens with zero attached hydrogens (tertiary/aromatic N) is 3. The van der Waals surface area contributed by atoms with Crippen LogP contribution in [0, 0.1) is 0 Å². The van der Waals surface area contributed by atoms with Crippen LogP contribution in [0.15, 0.2) is 24.3 Å². The minimum absolute atomic E-state index is 0.141. The zero-order valence-electron chi connectivity index (χ0n) is 15.6. The minimum Gasteiger partial charge on any atom is -0.444 e. The lowest BCUT2D eigenvalue weighted by atomic mass is 10.0. The Kier molecular flexibility index (Phi) is 4.88. The molecule has 1 atom stereocenters. The lowest BCUT2D eigenvalue weighted by molar-refractivity contribution is 0.0108. The number of hydrogen-bond donors (Lipinski definition) is 1. The number of H-pyrrole nitrogens is 1. The molecule has 1 aliphatic rings. The summed E-state index contributed by atoms with van der Waals surface area (Å²) in [6.45, 7) is 7.21. The summed E-state index contributed by atoms with van der Waals surface area (Å²) in [4.78, 5) is 24.5. The van der Waals surface area contributed by atoms with E-state index in [0.717, 1.165) is 49.3 Å². The number of carbonyl (C=O) groups excluding carboxylic acids is 1. The summed E-state index contributed by atoms with van der Waals surface area (Å²) in [6.07, 6.45) is 2.95. The number of fused-ring (bicyclic) bond motifs is 1. The first-order chi connectivity index (χ1) is 11.8. The van der Waals surface area contributed by atoms with Gasteiger partial charge < -0.3 is 19.5 Å². The quantitative estimate of drug-likeness (QED) is 0.920. The van der Waals surface area contributed by atoms with Gasteiger partial charge in [-0.3, -0.25) is 0 Å². The summed E-state index contributed by atoms with van der Waals surface area (Å²) in [7, 11) is 2.01. The highest BCUT2D eigenvalue weighted by Crippen LogP contribution is 2.23. The molecule has 1 N–H and O–H groups in total. The maximum absolute atomic E-state index is 12.5. The SMILES string of the molecule is CN(C[C@@H]1CCCCN1C(=O)OC(C)(C)C)c1nc2ccccc2[nH]1. The van der Waals surface area contributed by atoms with Crippen LogP contribution in [0.3, 0.4) is 0 Å². The average Bonchev–Trinajstić information content (AvgIpc) is 2.98. The molecule has 1 fully saturated rings. The van der Waals surface area contributed by atoms with Crippen LogP contribution in [0.5, 0.6) is 0 Å². The number of nitrogens with one attached hydrogen (secondary N) is 1. The lowest BCUT2D eigenvalue weighted by Gasteiger charge is -2.38. The summed E-state index contributed by atoms with van der Waals surface area (Å²) < 4.78 is 5.59. The van der Waals surface area contributed by atoms with Crippen LogP contribution in [0.1, 0.15) is 40.0 Å². The average molecular weight is 344 g/mol. The minimum atomic E-state index is -0.469. The second-order valence-corrected chi connectivity index (χ2v) is 7.78. The Hall–Kier alpha value is -2.24. The first kappa shape index (κ1) is 17.6. The van der Waals surface area contributed by atoms with Gasteiger partial charge in [-0.15, -0.1) is 0 Å². The number of rotatable bonds is 3. The Morgan fingerprint density at radius 1 is 1.36 bits per heavy atom. The van der Waals surface area contributed by atoms with Crippen LogP contribution in [0.25, 0.3) is 11.0 Å². The van der Waals surface area contributed by atoms with Gasteiger partial charge in [-0.05, 0) is 52.2 Å². The van der Waals surface area contributed by atoms with Gasteiger partial charge in [0, 0.05) is 20.1 Å². The number of piperidine rings is 1. The van der Waals surface area contributed by atoms with Crippen molar-refractivity contribution < 1.29 is 9.53 Å². The molecule has 0 saturated carbocycles. The number of imidazole rings is 1. The molecular weight excluding hydrogens is 316 g/mol. The van der Waals surface area contributed by atoms with Gasteiger partial charge in [0.2, 0.25) is 5.95 Å². The van der Waals surface area contributed by atoms with Crippen molar-refractivity contribution in [2.45, 2.75) is 51.7 Å². The molecule has 2 heterocycles. The summed E-state index contributed by atoms with van der Waals surface area (Å²) >= 11 is 0. The molecular formula is C19H28N4O2. The highest BCUT2D eigenvalue weighted by molar-refractivity contribution is 5.77. The number of likely N-dealkylation sites (N-methyl/N-ethyl adjacent to an activating group) is 1. The van der Waals surface area contributed by atoms with E-state index in [1.54, 1.807) is 0 Å². The second-order valence-electron chi connectivity index (χ2n) is 7.78. The third-order valence-corrected chi connectivity index (χ3v) is 4.48. The van der Waals surface area contributed by atoms with Crippen LogP contribution in [0.2, 0.25) is 0 Å². The Balaban J connectivity index is 1.71. The number of anilines is 1. The van der Waals surface area contributed by atoms with Gasteiger partial charge in [-0.2, -0.15) is 0 Å². The van der Waals surface area contributed by atoms with Crippen molar-refractivity contribution in [2.75, 3.05) is 25.0 Å². The highest BCUT2D eigenvalue weighted by atomic mass is 16.6. The largest absolute Gasteiger partial charge is 0.444 e. The molecule has 1 aliphatic heterocycles. The number of likely N-dealkylation sites (tertiary alicyclic amines) is 1. The van der Waals surface area contributed by atoms with Gasteiger partial charge in [-0.1, -0.05) is 12.1 Å². The number of benzene rings is 1. The fraction of sp³-hybridized carbons (Fsp3) is 0.579. The molecule has 0 radical (unpaired) electrons. The number of carbonyl (C=O) groups is 1. The third kappa shape index (κ3) is 4.24. The van der Waals surface area contributed by atoms with Crippen molar-refractivity contribution in [3.63, 3.8) is 0 Å². The summed E-state index contributed by atoms with van der Waals surface area (Å²) in [5.74, 6) is 0.830. The number of hydrogen-bond acceptors (Lipinski definition) is 4. The highest BCUT2D eigenvalue weighted by Gasteiger charge is 2.31. The predicted molar refractivity (Wildman–Crippen MR) is 99.9 cm³/mol. The molecule has 2 aromatic rings. The first-order valence-electron chi connectivity index (χ1n) is 8.99. The molecule has 6 heteroatoms. The predicted octanol–water partition coefficient (Wildman–Crippen LogP) is 3.79. The standard InChI is InChI=1S/C19H28N4O2/c1-19(2,3)25-18(24)23-12-8-7-9-14(23)13-22(4)17-20-15-10-5-6-11-16(15)21-17/h5-6,10-11,14H,7-9,12-13H2,1-4H3,(H,20,21)/t14-/m0/s1. The maximum atomic E-state index is 12.5. The molecule has 1 aromatic heterocycles. The first-order valence-corrected chi connectivity index (χ1v) is 8.99. The Bertz CT molecular complexity index is 701. The fourth-order valence-corrected chi connectivity index (χ4v) is 3.27. The molecule has 136 valence electrons. The zero-order chi connectivity index (χ0) is 18.0. The van der Waals surface area contributed by atoms with Crippen molar-refractivity contribution in [2.24, 2.45) is 0 Å². The van der Waals surface area contributed by atoms with E-state index in [0.29, 0.717) is 0 Å². The van der Waals surface area contributed by atoms with E-state index >= 15 is 0 Å². The molecule has 0 spiro atoms. The number of para-hydroxylation sites is 2. The molecule has 0 bridgehead atoms. The molecule has 6 nitrogen and oxygen atoms in total. The van der Waals surface area contributed by atoms with Crippen molar-refractivity contribution in [1.82, 2.24) is 14.9 Å². The molecule has 1 aromatic carbocycles. The maximum Gasteiger partial charge on any atom is 0.410 e. The molecule has 1 amide bonds. The van der Waals surface area contributed by atoms with E-state index in [2.05, 4.69) is 14.9 Å². The fourth-order valence-electron chi connectivity index (χ4n) is 3.27. The Labute approximate surface area is 149 Å². The van der Waals surface area contributed by atoms with Crippen LogP contribution in [0.4, 0.5) is 10.7 Å². The Morgan fingerprint density at radius 2 is 2.12 bits per heavy atom. The normalized spacial score (nSPS) is 18.4. The monoisotopic (exact) mass is 344 g/mol. The van der Waals surface area contributed by atoms with E-state index in [4.69, 9.17) is 4.74 Å². The Morgan fingerprint density at radius 3 is 2.84 bits per heavy atom. The van der Waals surface area contributed by atoms with Crippen molar-refractivity contribution >= 4 is 23.1 Å². The van der Waals surface area contributed by atoms with Gasteiger partial charge in [0.25, 0.3) is 0 Å². The van der Waals surface area contributed by atoms with Crippen molar-refractivity contribution in [3.05, 3.63) is 24.3 Å². The lowest BCUT2D eigenvalue weighted by Crippen LogP contribution is -2.50. The van der Waals surface area contributed by atoms with Crippen molar-refractivity contribution in [3.8, 4) is 0 Å². The number of aromatic nitrogens is 2. The molecule has 3 rings (SSSR count). The van der Waals surface area contributed by atoms with E-state index in [1.165, 1.54) is 0 Å². The van der Waals surface area contributed by atoms with Gasteiger partial charge in [0.15, 0.2) is 0 Å². The summed E-state index contributed by atoms with van der Waals surface area (Å²) in [5, 5.41) is 0. The van der Waals surface area contributed by atoms with Crippen LogP contribution >= 0.6 is 0 Å². The van der Waals surface area contributed by atoms with Crippen LogP contribution in [-0.4, -0.2) is 52.7 Å². The van der Waals surface area contributed by atoms with Crippen molar-refractivity contribution in [1.29, 1.82) is 0 Å². The zero-order valence-corrected chi connectivity index (χ0v) is 15.6. The van der Waals surface area contributed by atoms with Crippen LogP contribution < -0.4 is 4.90 Å². The summed E-state index contributed by atoms with van der Waals surface area (Å²) in [5.41, 5.74) is 1.51. The summed E-state index contributed by atoms with van der Waals surface area (Å²) in [6, 6.07) is 8.14. The van der Waals surface area contributed by atoms with Crippen LogP contribution in [-0.2, 0) is 4.74 Å². The van der Waals surface area contributed by atoms with E-state index in [9.17, 15) is 4.79 Å². The van der Waals surface area contributed by atoms with Gasteiger partial charge in [0.05, 0.1) is 17.1 Å². The molecule has 0 unspecified atom stereocenters. The third-order valence-electron chi connectivity index (χ3n) is 4.48. The number of aromatic amines is 1. The number of ether oxygens (including phenoxy) is 1. The van der Waals surface area contributed by atoms with E-state index in [1.807, 2.05) is 57.0 Å². The second kappa shape index (κ2) is 6.94. The molecule has 25 heavy (non-hydrogen) atoms. The number of amides is 1. The molecule has 0 aliphatic carbocycles. The van der Waals surface area contributed by atoms with Gasteiger partial charge in [0.1, 0.15) is 5.60 Å².